The topological polar surface area (TPSA) is 42.2 Å². The predicted octanol–water partition coefficient (Wildman–Crippen LogP) is 3.29. The van der Waals surface area contributed by atoms with Crippen LogP contribution in [-0.4, -0.2) is 21.5 Å². The van der Waals surface area contributed by atoms with Gasteiger partial charge in [-0.15, -0.1) is 0 Å². The van der Waals surface area contributed by atoms with Crippen molar-refractivity contribution in [3.05, 3.63) is 35.9 Å². The molecule has 1 atom stereocenters. The molecule has 0 unspecified atom stereocenters. The van der Waals surface area contributed by atoms with Crippen LogP contribution in [-0.2, 0) is 14.8 Å². The van der Waals surface area contributed by atoms with Gasteiger partial charge < -0.3 is 9.16 Å². The highest BCUT2D eigenvalue weighted by Gasteiger charge is 2.38. The van der Waals surface area contributed by atoms with Crippen LogP contribution in [0.5, 0.6) is 0 Å². The molecule has 4 heteroatoms. The number of nitrogens with zero attached hydrogens (tertiary/aromatic N) is 1. The lowest BCUT2D eigenvalue weighted by atomic mass is 9.96. The Morgan fingerprint density at radius 1 is 1.22 bits per heavy atom. The van der Waals surface area contributed by atoms with E-state index in [0.717, 1.165) is 5.56 Å². The lowest BCUT2D eigenvalue weighted by Gasteiger charge is -2.33. The van der Waals surface area contributed by atoms with E-state index in [-0.39, 0.29) is 6.61 Å². The summed E-state index contributed by atoms with van der Waals surface area (Å²) in [7, 11) is -1.85. The van der Waals surface area contributed by atoms with E-state index in [0.29, 0.717) is 6.61 Å². The van der Waals surface area contributed by atoms with Gasteiger partial charge in [0.05, 0.1) is 6.61 Å². The summed E-state index contributed by atoms with van der Waals surface area (Å²) in [5.41, 5.74) is -0.120. The highest BCUT2D eigenvalue weighted by atomic mass is 28.4. The minimum absolute atomic E-state index is 0.272. The molecular weight excluding hydrogens is 242 g/mol. The van der Waals surface area contributed by atoms with Crippen LogP contribution in [0, 0.1) is 11.3 Å². The molecule has 0 bridgehead atoms. The predicted molar refractivity (Wildman–Crippen MR) is 74.7 cm³/mol. The maximum absolute atomic E-state index is 9.59. The highest BCUT2D eigenvalue weighted by molar-refractivity contribution is 6.69. The second-order valence-electron chi connectivity index (χ2n) is 5.16. The molecule has 0 aliphatic heterocycles. The van der Waals surface area contributed by atoms with E-state index in [1.165, 1.54) is 0 Å². The van der Waals surface area contributed by atoms with Crippen molar-refractivity contribution in [2.24, 2.45) is 0 Å². The Kier molecular flexibility index (Phi) is 5.09. The van der Waals surface area contributed by atoms with Gasteiger partial charge in [0.1, 0.15) is 6.07 Å². The van der Waals surface area contributed by atoms with E-state index in [9.17, 15) is 5.26 Å². The Hall–Kier alpha value is -1.15. The van der Waals surface area contributed by atoms with Crippen molar-refractivity contribution in [1.29, 1.82) is 5.26 Å². The number of hydrogen-bond acceptors (Lipinski definition) is 3. The quantitative estimate of drug-likeness (QED) is 0.740. The Morgan fingerprint density at radius 3 is 2.28 bits per heavy atom. The van der Waals surface area contributed by atoms with Gasteiger partial charge in [-0.3, -0.25) is 0 Å². The van der Waals surface area contributed by atoms with Gasteiger partial charge in [-0.2, -0.15) is 5.26 Å². The molecule has 0 fully saturated rings. The van der Waals surface area contributed by atoms with E-state index in [1.54, 1.807) is 0 Å². The largest absolute Gasteiger partial charge is 0.395 e. The number of rotatable bonds is 6. The zero-order valence-electron chi connectivity index (χ0n) is 11.6. The molecule has 0 aliphatic carbocycles. The van der Waals surface area contributed by atoms with Crippen LogP contribution >= 0.6 is 0 Å². The number of benzene rings is 1. The van der Waals surface area contributed by atoms with Crippen molar-refractivity contribution in [2.45, 2.75) is 32.2 Å². The Balaban J connectivity index is 3.11. The van der Waals surface area contributed by atoms with Crippen LogP contribution in [0.15, 0.2) is 30.3 Å². The highest BCUT2D eigenvalue weighted by Crippen LogP contribution is 2.29. The van der Waals surface area contributed by atoms with Crippen LogP contribution in [0.2, 0.25) is 19.6 Å². The van der Waals surface area contributed by atoms with Crippen LogP contribution in [0.25, 0.3) is 0 Å². The summed E-state index contributed by atoms with van der Waals surface area (Å²) < 4.78 is 11.6. The molecule has 0 heterocycles. The van der Waals surface area contributed by atoms with Crippen molar-refractivity contribution < 1.29 is 9.16 Å². The maximum Gasteiger partial charge on any atom is 0.193 e. The normalized spacial score (nSPS) is 14.8. The van der Waals surface area contributed by atoms with E-state index in [1.807, 2.05) is 37.3 Å². The van der Waals surface area contributed by atoms with Crippen molar-refractivity contribution in [2.75, 3.05) is 13.2 Å². The first-order valence-electron chi connectivity index (χ1n) is 6.18. The summed E-state index contributed by atoms with van der Waals surface area (Å²) >= 11 is 0. The van der Waals surface area contributed by atoms with E-state index in [4.69, 9.17) is 9.16 Å². The second kappa shape index (κ2) is 6.14. The Bertz CT molecular complexity index is 408. The average Bonchev–Trinajstić information content (AvgIpc) is 2.34. The lowest BCUT2D eigenvalue weighted by Crippen LogP contribution is -2.43. The van der Waals surface area contributed by atoms with E-state index < -0.39 is 13.9 Å². The number of nitriles is 1. The summed E-state index contributed by atoms with van der Waals surface area (Å²) in [4.78, 5) is 0. The molecule has 0 amide bonds. The summed E-state index contributed by atoms with van der Waals surface area (Å²) in [5, 5.41) is 9.59. The first-order chi connectivity index (χ1) is 8.43. The van der Waals surface area contributed by atoms with Gasteiger partial charge in [0.2, 0.25) is 0 Å². The van der Waals surface area contributed by atoms with Crippen LogP contribution in [0.1, 0.15) is 12.5 Å². The van der Waals surface area contributed by atoms with Crippen molar-refractivity contribution in [3.8, 4) is 6.07 Å². The molecule has 1 rings (SSSR count). The van der Waals surface area contributed by atoms with Crippen LogP contribution in [0.3, 0.4) is 0 Å². The molecule has 0 aliphatic rings. The lowest BCUT2D eigenvalue weighted by molar-refractivity contribution is 0.00539. The van der Waals surface area contributed by atoms with Crippen molar-refractivity contribution in [3.63, 3.8) is 0 Å². The molecule has 0 saturated carbocycles. The first-order valence-corrected chi connectivity index (χ1v) is 9.59. The minimum Gasteiger partial charge on any atom is -0.395 e. The fourth-order valence-electron chi connectivity index (χ4n) is 1.77. The number of ether oxygens (including phenoxy) is 1. The minimum atomic E-state index is -1.85. The average molecular weight is 263 g/mol. The standard InChI is InChI=1S/C14H21NO2Si/c1-5-16-12-14(11-15,17-18(2,3)4)13-9-7-6-8-10-13/h6-10H,5,12H2,1-4H3/t14-/m1/s1. The molecule has 18 heavy (non-hydrogen) atoms. The molecular formula is C14H21NO2Si. The van der Waals surface area contributed by atoms with Crippen LogP contribution in [0.4, 0.5) is 0 Å². The zero-order chi connectivity index (χ0) is 13.6. The summed E-state index contributed by atoms with van der Waals surface area (Å²) in [6.07, 6.45) is 0. The van der Waals surface area contributed by atoms with Crippen LogP contribution < -0.4 is 0 Å². The number of hydrogen-bond donors (Lipinski definition) is 0. The van der Waals surface area contributed by atoms with Gasteiger partial charge in [0, 0.05) is 6.61 Å². The van der Waals surface area contributed by atoms with Gasteiger partial charge in [-0.05, 0) is 32.1 Å². The molecule has 0 spiro atoms. The SMILES string of the molecule is CCOC[C@@](C#N)(O[Si](C)(C)C)c1ccccc1. The summed E-state index contributed by atoms with van der Waals surface area (Å²) in [6, 6.07) is 11.9. The van der Waals surface area contributed by atoms with Crippen molar-refractivity contribution >= 4 is 8.32 Å². The van der Waals surface area contributed by atoms with Crippen molar-refractivity contribution in [1.82, 2.24) is 0 Å². The zero-order valence-corrected chi connectivity index (χ0v) is 12.6. The Labute approximate surface area is 110 Å². The monoisotopic (exact) mass is 263 g/mol. The molecule has 0 radical (unpaired) electrons. The molecule has 0 aromatic heterocycles. The molecule has 1 aromatic carbocycles. The molecule has 1 aromatic rings. The summed E-state index contributed by atoms with van der Waals surface area (Å²) in [5.74, 6) is 0. The van der Waals surface area contributed by atoms with Gasteiger partial charge >= 0.3 is 0 Å². The first kappa shape index (κ1) is 14.9. The van der Waals surface area contributed by atoms with E-state index >= 15 is 0 Å². The van der Waals surface area contributed by atoms with Gasteiger partial charge in [0.15, 0.2) is 13.9 Å². The molecule has 98 valence electrons. The molecule has 3 nitrogen and oxygen atoms in total. The maximum atomic E-state index is 9.59. The third kappa shape index (κ3) is 3.95. The third-order valence-corrected chi connectivity index (χ3v) is 3.37. The fraction of sp³-hybridized carbons (Fsp3) is 0.500. The molecule has 0 N–H and O–H groups in total. The second-order valence-corrected chi connectivity index (χ2v) is 9.59. The summed E-state index contributed by atoms with van der Waals surface area (Å²) in [6.45, 7) is 9.00. The van der Waals surface area contributed by atoms with Gasteiger partial charge in [-0.25, -0.2) is 0 Å². The van der Waals surface area contributed by atoms with E-state index in [2.05, 4.69) is 25.7 Å². The Morgan fingerprint density at radius 2 is 1.83 bits per heavy atom. The smallest absolute Gasteiger partial charge is 0.193 e. The third-order valence-electron chi connectivity index (χ3n) is 2.41. The fourth-order valence-corrected chi connectivity index (χ4v) is 3.04. The van der Waals surface area contributed by atoms with Gasteiger partial charge in [-0.1, -0.05) is 30.3 Å². The van der Waals surface area contributed by atoms with Gasteiger partial charge in [0.25, 0.3) is 0 Å². The molecule has 0 saturated heterocycles.